The van der Waals surface area contributed by atoms with Crippen LogP contribution in [0.2, 0.25) is 5.02 Å². The summed E-state index contributed by atoms with van der Waals surface area (Å²) in [5.74, 6) is -0.316. The standard InChI is InChI=1S/C14H10ClN3OS/c1-8-2-3-10-12(6-8)20-14(17-10)18-13(19)11-7-9(15)4-5-16-11/h2-7H,1H3,(H,17,18,19). The number of nitrogens with one attached hydrogen (secondary N) is 1. The molecule has 20 heavy (non-hydrogen) atoms. The molecule has 0 saturated heterocycles. The molecule has 4 nitrogen and oxygen atoms in total. The van der Waals surface area contributed by atoms with Gasteiger partial charge in [0.1, 0.15) is 5.69 Å². The summed E-state index contributed by atoms with van der Waals surface area (Å²) in [6.45, 7) is 2.02. The monoisotopic (exact) mass is 303 g/mol. The zero-order valence-corrected chi connectivity index (χ0v) is 12.1. The maximum absolute atomic E-state index is 12.0. The highest BCUT2D eigenvalue weighted by molar-refractivity contribution is 7.22. The summed E-state index contributed by atoms with van der Waals surface area (Å²) < 4.78 is 1.04. The number of benzene rings is 1. The number of thiazole rings is 1. The molecule has 1 aromatic carbocycles. The molecule has 0 aliphatic carbocycles. The highest BCUT2D eigenvalue weighted by Gasteiger charge is 2.11. The van der Waals surface area contributed by atoms with Crippen molar-refractivity contribution in [1.29, 1.82) is 0 Å². The number of hydrogen-bond donors (Lipinski definition) is 1. The Kier molecular flexibility index (Phi) is 3.38. The number of hydrogen-bond acceptors (Lipinski definition) is 4. The summed E-state index contributed by atoms with van der Waals surface area (Å²) in [5, 5.41) is 3.77. The quantitative estimate of drug-likeness (QED) is 0.781. The predicted octanol–water partition coefficient (Wildman–Crippen LogP) is 3.91. The first kappa shape index (κ1) is 13.0. The maximum atomic E-state index is 12.0. The number of halogens is 1. The van der Waals surface area contributed by atoms with E-state index < -0.39 is 0 Å². The number of nitrogens with zero attached hydrogens (tertiary/aromatic N) is 2. The van der Waals surface area contributed by atoms with Crippen LogP contribution in [-0.2, 0) is 0 Å². The van der Waals surface area contributed by atoms with E-state index in [1.54, 1.807) is 6.07 Å². The zero-order chi connectivity index (χ0) is 14.1. The van der Waals surface area contributed by atoms with E-state index >= 15 is 0 Å². The molecule has 0 saturated carbocycles. The smallest absolute Gasteiger partial charge is 0.276 e. The number of carbonyl (C=O) groups is 1. The van der Waals surface area contributed by atoms with Crippen molar-refractivity contribution in [3.63, 3.8) is 0 Å². The minimum absolute atomic E-state index is 0.271. The van der Waals surface area contributed by atoms with Crippen LogP contribution in [0.3, 0.4) is 0 Å². The van der Waals surface area contributed by atoms with Gasteiger partial charge in [-0.05, 0) is 36.8 Å². The number of rotatable bonds is 2. The molecule has 0 radical (unpaired) electrons. The fourth-order valence-corrected chi connectivity index (χ4v) is 2.89. The van der Waals surface area contributed by atoms with Crippen LogP contribution in [0, 0.1) is 6.92 Å². The number of amides is 1. The molecular weight excluding hydrogens is 294 g/mol. The van der Waals surface area contributed by atoms with Crippen molar-refractivity contribution in [3.8, 4) is 0 Å². The fourth-order valence-electron chi connectivity index (χ4n) is 1.78. The molecule has 1 N–H and O–H groups in total. The van der Waals surface area contributed by atoms with E-state index in [-0.39, 0.29) is 11.6 Å². The Balaban J connectivity index is 1.87. The Labute approximate surface area is 124 Å². The van der Waals surface area contributed by atoms with Crippen LogP contribution in [0.25, 0.3) is 10.2 Å². The Bertz CT molecular complexity index is 800. The SMILES string of the molecule is Cc1ccc2nc(NC(=O)c3cc(Cl)ccn3)sc2c1. The summed E-state index contributed by atoms with van der Waals surface area (Å²) in [6.07, 6.45) is 1.50. The van der Waals surface area contributed by atoms with Gasteiger partial charge < -0.3 is 0 Å². The van der Waals surface area contributed by atoms with Crippen LogP contribution < -0.4 is 5.32 Å². The minimum atomic E-state index is -0.316. The van der Waals surface area contributed by atoms with Gasteiger partial charge >= 0.3 is 0 Å². The third-order valence-corrected chi connectivity index (χ3v) is 3.89. The largest absolute Gasteiger partial charge is 0.296 e. The molecule has 0 unspecified atom stereocenters. The number of fused-ring (bicyclic) bond motifs is 1. The topological polar surface area (TPSA) is 54.9 Å². The van der Waals surface area contributed by atoms with Gasteiger partial charge in [0.15, 0.2) is 5.13 Å². The maximum Gasteiger partial charge on any atom is 0.276 e. The number of carbonyl (C=O) groups excluding carboxylic acids is 1. The summed E-state index contributed by atoms with van der Waals surface area (Å²) in [4.78, 5) is 20.4. The Hall–Kier alpha value is -1.98. The van der Waals surface area contributed by atoms with Crippen LogP contribution in [0.4, 0.5) is 5.13 Å². The molecule has 2 aromatic heterocycles. The third-order valence-electron chi connectivity index (χ3n) is 2.72. The van der Waals surface area contributed by atoms with Gasteiger partial charge in [0.25, 0.3) is 5.91 Å². The summed E-state index contributed by atoms with van der Waals surface area (Å²) in [6, 6.07) is 9.12. The van der Waals surface area contributed by atoms with E-state index in [2.05, 4.69) is 15.3 Å². The molecule has 0 atom stereocenters. The van der Waals surface area contributed by atoms with Crippen molar-refractivity contribution in [2.45, 2.75) is 6.92 Å². The second-order valence-corrected chi connectivity index (χ2v) is 5.77. The van der Waals surface area contributed by atoms with Gasteiger partial charge in [-0.1, -0.05) is 29.0 Å². The average Bonchev–Trinajstić information content (AvgIpc) is 2.80. The molecule has 0 aliphatic rings. The first-order chi connectivity index (χ1) is 9.61. The Morgan fingerprint density at radius 2 is 2.15 bits per heavy atom. The molecule has 2 heterocycles. The lowest BCUT2D eigenvalue weighted by atomic mass is 10.2. The third kappa shape index (κ3) is 2.64. The van der Waals surface area contributed by atoms with Gasteiger partial charge in [-0.2, -0.15) is 0 Å². The Morgan fingerprint density at radius 1 is 1.30 bits per heavy atom. The molecule has 0 aliphatic heterocycles. The number of aromatic nitrogens is 2. The molecule has 6 heteroatoms. The second kappa shape index (κ2) is 5.19. The first-order valence-corrected chi connectivity index (χ1v) is 7.11. The number of anilines is 1. The van der Waals surface area contributed by atoms with Gasteiger partial charge in [0.2, 0.25) is 0 Å². The summed E-state index contributed by atoms with van der Waals surface area (Å²) in [7, 11) is 0. The molecular formula is C14H10ClN3OS. The van der Waals surface area contributed by atoms with Crippen LogP contribution >= 0.6 is 22.9 Å². The van der Waals surface area contributed by atoms with Gasteiger partial charge in [-0.3, -0.25) is 15.1 Å². The van der Waals surface area contributed by atoms with Crippen LogP contribution in [-0.4, -0.2) is 15.9 Å². The normalized spacial score (nSPS) is 10.7. The van der Waals surface area contributed by atoms with Crippen LogP contribution in [0.15, 0.2) is 36.5 Å². The molecule has 0 spiro atoms. The number of pyridine rings is 1. The zero-order valence-electron chi connectivity index (χ0n) is 10.6. The molecule has 0 fully saturated rings. The minimum Gasteiger partial charge on any atom is -0.296 e. The van der Waals surface area contributed by atoms with E-state index in [1.165, 1.54) is 23.6 Å². The number of aryl methyl sites for hydroxylation is 1. The van der Waals surface area contributed by atoms with Gasteiger partial charge in [0.05, 0.1) is 10.2 Å². The lowest BCUT2D eigenvalue weighted by Crippen LogP contribution is -2.13. The molecule has 3 aromatic rings. The van der Waals surface area contributed by atoms with E-state index in [1.807, 2.05) is 25.1 Å². The molecule has 1 amide bonds. The van der Waals surface area contributed by atoms with E-state index in [9.17, 15) is 4.79 Å². The van der Waals surface area contributed by atoms with Gasteiger partial charge in [0, 0.05) is 11.2 Å². The molecule has 100 valence electrons. The van der Waals surface area contributed by atoms with E-state index in [0.29, 0.717) is 10.2 Å². The molecule has 0 bridgehead atoms. The second-order valence-electron chi connectivity index (χ2n) is 4.30. The van der Waals surface area contributed by atoms with E-state index in [4.69, 9.17) is 11.6 Å². The lowest BCUT2D eigenvalue weighted by Gasteiger charge is -2.00. The fraction of sp³-hybridized carbons (Fsp3) is 0.0714. The van der Waals surface area contributed by atoms with Crippen LogP contribution in [0.1, 0.15) is 16.1 Å². The Morgan fingerprint density at radius 3 is 2.95 bits per heavy atom. The van der Waals surface area contributed by atoms with Crippen molar-refractivity contribution < 1.29 is 4.79 Å². The van der Waals surface area contributed by atoms with Crippen molar-refractivity contribution in [2.75, 3.05) is 5.32 Å². The van der Waals surface area contributed by atoms with Crippen molar-refractivity contribution >= 4 is 44.2 Å². The predicted molar refractivity (Wildman–Crippen MR) is 81.6 cm³/mol. The van der Waals surface area contributed by atoms with E-state index in [0.717, 1.165) is 15.8 Å². The highest BCUT2D eigenvalue weighted by Crippen LogP contribution is 2.26. The first-order valence-electron chi connectivity index (χ1n) is 5.92. The van der Waals surface area contributed by atoms with Crippen LogP contribution in [0.5, 0.6) is 0 Å². The summed E-state index contributed by atoms with van der Waals surface area (Å²) in [5.41, 5.74) is 2.30. The molecule has 3 rings (SSSR count). The average molecular weight is 304 g/mol. The van der Waals surface area contributed by atoms with Gasteiger partial charge in [-0.15, -0.1) is 0 Å². The van der Waals surface area contributed by atoms with Crippen molar-refractivity contribution in [2.24, 2.45) is 0 Å². The van der Waals surface area contributed by atoms with Crippen molar-refractivity contribution in [1.82, 2.24) is 9.97 Å². The lowest BCUT2D eigenvalue weighted by molar-refractivity contribution is 0.102. The highest BCUT2D eigenvalue weighted by atomic mass is 35.5. The van der Waals surface area contributed by atoms with Crippen molar-refractivity contribution in [3.05, 3.63) is 52.8 Å². The summed E-state index contributed by atoms with van der Waals surface area (Å²) >= 11 is 7.28. The van der Waals surface area contributed by atoms with Gasteiger partial charge in [-0.25, -0.2) is 4.98 Å².